The summed E-state index contributed by atoms with van der Waals surface area (Å²) >= 11 is 6.95. The normalized spacial score (nSPS) is 10.2. The minimum absolute atomic E-state index is 0.344. The molecule has 5 heteroatoms. The molecule has 0 saturated carbocycles. The lowest BCUT2D eigenvalue weighted by molar-refractivity contribution is -0.137. The Labute approximate surface area is 159 Å². The van der Waals surface area contributed by atoms with Crippen LogP contribution in [0.1, 0.15) is 77.6 Å². The van der Waals surface area contributed by atoms with Gasteiger partial charge in [0.2, 0.25) is 0 Å². The molecule has 2 nitrogen and oxygen atoms in total. The van der Waals surface area contributed by atoms with Gasteiger partial charge in [-0.1, -0.05) is 132 Å². The number of hydrogen-bond acceptors (Lipinski definition) is 1. The number of rotatable bonds is 11. The smallest absolute Gasteiger partial charge is 0.303 e. The molecule has 0 aliphatic carbocycles. The van der Waals surface area contributed by atoms with Crippen molar-refractivity contribution >= 4 is 73.7 Å². The van der Waals surface area contributed by atoms with Crippen molar-refractivity contribution in [3.8, 4) is 0 Å². The fraction of sp³-hybridized carbons (Fsp3) is 0.929. The topological polar surface area (TPSA) is 37.3 Å². The molecule has 0 rings (SSSR count). The molecular formula is C14H27I3O2. The van der Waals surface area contributed by atoms with E-state index in [9.17, 15) is 4.79 Å². The molecule has 0 atom stereocenters. The van der Waals surface area contributed by atoms with Crippen molar-refractivity contribution in [2.45, 2.75) is 77.5 Å². The van der Waals surface area contributed by atoms with Gasteiger partial charge in [-0.25, -0.2) is 0 Å². The van der Waals surface area contributed by atoms with Crippen LogP contribution in [0.3, 0.4) is 0 Å². The SMILES string of the molecule is CCCCCCCCCCCCC(=O)O.IC(I)I. The first kappa shape index (κ1) is 22.9. The van der Waals surface area contributed by atoms with Gasteiger partial charge in [0.25, 0.3) is 0 Å². The van der Waals surface area contributed by atoms with Gasteiger partial charge in [0.15, 0.2) is 0 Å². The molecule has 0 aliphatic rings. The lowest BCUT2D eigenvalue weighted by Crippen LogP contribution is -1.93. The lowest BCUT2D eigenvalue weighted by Gasteiger charge is -2.01. The van der Waals surface area contributed by atoms with Crippen LogP contribution in [-0.2, 0) is 4.79 Å². The molecule has 19 heavy (non-hydrogen) atoms. The van der Waals surface area contributed by atoms with Gasteiger partial charge in [-0.15, -0.1) is 0 Å². The van der Waals surface area contributed by atoms with Crippen LogP contribution in [0.5, 0.6) is 0 Å². The standard InChI is InChI=1S/C13H26O2.CHI3/c1-2-3-4-5-6-7-8-9-10-11-12-13(14)15;2-1(3)4/h2-12H2,1H3,(H,14,15);1H. The Hall–Kier alpha value is 1.66. The molecule has 0 amide bonds. The first-order valence-corrected chi connectivity index (χ1v) is 10.9. The van der Waals surface area contributed by atoms with Crippen LogP contribution < -0.4 is 0 Å². The molecule has 0 radical (unpaired) electrons. The summed E-state index contributed by atoms with van der Waals surface area (Å²) in [7, 11) is 0. The molecule has 0 unspecified atom stereocenters. The Morgan fingerprint density at radius 1 is 0.842 bits per heavy atom. The summed E-state index contributed by atoms with van der Waals surface area (Å²) in [6.45, 7) is 2.24. The maximum absolute atomic E-state index is 10.2. The van der Waals surface area contributed by atoms with Crippen LogP contribution in [0.25, 0.3) is 0 Å². The number of aliphatic carboxylic acids is 1. The van der Waals surface area contributed by atoms with Crippen LogP contribution in [0.15, 0.2) is 0 Å². The molecule has 0 aromatic heterocycles. The zero-order valence-corrected chi connectivity index (χ0v) is 18.3. The van der Waals surface area contributed by atoms with E-state index in [1.165, 1.54) is 51.4 Å². The Bertz CT molecular complexity index is 185. The van der Waals surface area contributed by atoms with E-state index in [1.807, 2.05) is 0 Å². The Morgan fingerprint density at radius 3 is 1.47 bits per heavy atom. The van der Waals surface area contributed by atoms with Crippen molar-refractivity contribution in [1.29, 1.82) is 0 Å². The largest absolute Gasteiger partial charge is 0.481 e. The van der Waals surface area contributed by atoms with E-state index < -0.39 is 5.97 Å². The van der Waals surface area contributed by atoms with Gasteiger partial charge >= 0.3 is 5.97 Å². The minimum Gasteiger partial charge on any atom is -0.481 e. The molecule has 0 fully saturated rings. The summed E-state index contributed by atoms with van der Waals surface area (Å²) in [5, 5.41) is 8.44. The van der Waals surface area contributed by atoms with E-state index in [-0.39, 0.29) is 0 Å². The number of unbranched alkanes of at least 4 members (excludes halogenated alkanes) is 9. The Morgan fingerprint density at radius 2 is 1.16 bits per heavy atom. The van der Waals surface area contributed by atoms with E-state index in [0.717, 1.165) is 12.8 Å². The van der Waals surface area contributed by atoms with Gasteiger partial charge in [-0.05, 0) is 6.42 Å². The first-order chi connectivity index (χ1) is 9.00. The zero-order chi connectivity index (χ0) is 14.9. The molecule has 0 heterocycles. The molecular weight excluding hydrogens is 581 g/mol. The summed E-state index contributed by atoms with van der Waals surface area (Å²) < 4.78 is 0.743. The van der Waals surface area contributed by atoms with Gasteiger partial charge in [-0.2, -0.15) is 0 Å². The predicted octanol–water partition coefficient (Wildman–Crippen LogP) is 6.96. The number of halogens is 3. The molecule has 0 saturated heterocycles. The number of carbonyl (C=O) groups is 1. The lowest BCUT2D eigenvalue weighted by atomic mass is 10.1. The molecule has 0 spiro atoms. The average molecular weight is 608 g/mol. The zero-order valence-electron chi connectivity index (χ0n) is 11.8. The van der Waals surface area contributed by atoms with Crippen molar-refractivity contribution in [2.24, 2.45) is 0 Å². The summed E-state index contributed by atoms with van der Waals surface area (Å²) in [5.41, 5.74) is 0. The van der Waals surface area contributed by atoms with Crippen LogP contribution >= 0.6 is 67.8 Å². The third-order valence-corrected chi connectivity index (χ3v) is 2.74. The summed E-state index contributed by atoms with van der Waals surface area (Å²) in [4.78, 5) is 10.2. The van der Waals surface area contributed by atoms with Crippen LogP contribution in [0.2, 0.25) is 0 Å². The van der Waals surface area contributed by atoms with Gasteiger partial charge in [0.1, 0.15) is -0.0619 Å². The summed E-state index contributed by atoms with van der Waals surface area (Å²) in [6.07, 6.45) is 12.9. The maximum Gasteiger partial charge on any atom is 0.303 e. The molecule has 0 aromatic rings. The Balaban J connectivity index is 0. The number of carboxylic acids is 1. The number of carboxylic acid groups (broad SMARTS) is 1. The quantitative estimate of drug-likeness (QED) is 0.157. The van der Waals surface area contributed by atoms with Crippen molar-refractivity contribution in [3.05, 3.63) is 0 Å². The molecule has 1 N–H and O–H groups in total. The van der Waals surface area contributed by atoms with E-state index in [2.05, 4.69) is 74.7 Å². The molecule has 0 aromatic carbocycles. The highest BCUT2D eigenvalue weighted by Crippen LogP contribution is 2.16. The predicted molar refractivity (Wildman–Crippen MR) is 110 cm³/mol. The number of hydrogen-bond donors (Lipinski definition) is 1. The fourth-order valence-electron chi connectivity index (χ4n) is 1.76. The third-order valence-electron chi connectivity index (χ3n) is 2.74. The van der Waals surface area contributed by atoms with Crippen molar-refractivity contribution in [1.82, 2.24) is 0 Å². The van der Waals surface area contributed by atoms with E-state index in [1.54, 1.807) is 0 Å². The van der Waals surface area contributed by atoms with Crippen molar-refractivity contribution < 1.29 is 9.90 Å². The number of alkyl halides is 3. The van der Waals surface area contributed by atoms with Crippen molar-refractivity contribution in [3.63, 3.8) is 0 Å². The van der Waals surface area contributed by atoms with Crippen LogP contribution in [0.4, 0.5) is 0 Å². The van der Waals surface area contributed by atoms with Gasteiger partial charge < -0.3 is 5.11 Å². The molecule has 0 bridgehead atoms. The fourth-order valence-corrected chi connectivity index (χ4v) is 1.76. The van der Waals surface area contributed by atoms with Gasteiger partial charge in [-0.3, -0.25) is 4.79 Å². The van der Waals surface area contributed by atoms with Gasteiger partial charge in [0.05, 0.1) is 0 Å². The monoisotopic (exact) mass is 608 g/mol. The van der Waals surface area contributed by atoms with E-state index in [0.29, 0.717) is 6.42 Å². The second kappa shape index (κ2) is 19.7. The highest BCUT2D eigenvalue weighted by molar-refractivity contribution is 14.3. The molecule has 116 valence electrons. The maximum atomic E-state index is 10.2. The summed E-state index contributed by atoms with van der Waals surface area (Å²) in [5.74, 6) is -0.658. The van der Waals surface area contributed by atoms with E-state index >= 15 is 0 Å². The minimum atomic E-state index is -0.658. The summed E-state index contributed by atoms with van der Waals surface area (Å²) in [6, 6.07) is 0. The molecule has 0 aliphatic heterocycles. The highest BCUT2D eigenvalue weighted by Gasteiger charge is 1.96. The first-order valence-electron chi connectivity index (χ1n) is 7.14. The van der Waals surface area contributed by atoms with Crippen molar-refractivity contribution in [2.75, 3.05) is 0 Å². The average Bonchev–Trinajstić information content (AvgIpc) is 2.30. The van der Waals surface area contributed by atoms with E-state index in [4.69, 9.17) is 5.11 Å². The van der Waals surface area contributed by atoms with Crippen LogP contribution in [0, 0.1) is 0 Å². The third kappa shape index (κ3) is 32.9. The highest BCUT2D eigenvalue weighted by atomic mass is 127. The second-order valence-electron chi connectivity index (χ2n) is 4.57. The van der Waals surface area contributed by atoms with Crippen LogP contribution in [-0.4, -0.2) is 11.0 Å². The second-order valence-corrected chi connectivity index (χ2v) is 15.5. The Kier molecular flexibility index (Phi) is 23.7. The van der Waals surface area contributed by atoms with Gasteiger partial charge in [0, 0.05) is 6.42 Å².